The Balaban J connectivity index is 0.00000204. The summed E-state index contributed by atoms with van der Waals surface area (Å²) in [5, 5.41) is 0. The van der Waals surface area contributed by atoms with Crippen LogP contribution in [0, 0.1) is 0 Å². The van der Waals surface area contributed by atoms with Gasteiger partial charge in [0.2, 0.25) is 0 Å². The van der Waals surface area contributed by atoms with Gasteiger partial charge in [-0.15, -0.1) is 0 Å². The standard InChI is InChI=1S/C25H17N5.Zn/c1-2-16(15-26-9-1)24-13-23-12-21-6-5-19(28-21)10-17-3-4-18(27-17)11-20-7-8-22(29-20)14-25(24)30-23;/h1-15,28,30H;. The van der Waals surface area contributed by atoms with Gasteiger partial charge in [-0.05, 0) is 72.8 Å². The normalized spacial score (nSPS) is 12.0. The van der Waals surface area contributed by atoms with Gasteiger partial charge < -0.3 is 9.97 Å². The van der Waals surface area contributed by atoms with Gasteiger partial charge in [0.1, 0.15) is 0 Å². The summed E-state index contributed by atoms with van der Waals surface area (Å²) >= 11 is 0. The molecule has 6 rings (SSSR count). The van der Waals surface area contributed by atoms with E-state index < -0.39 is 0 Å². The molecular formula is C25H17N5Zn. The predicted octanol–water partition coefficient (Wildman–Crippen LogP) is 5.72. The van der Waals surface area contributed by atoms with Crippen LogP contribution < -0.4 is 0 Å². The molecule has 6 heterocycles. The molecule has 0 aliphatic carbocycles. The van der Waals surface area contributed by atoms with E-state index in [0.717, 1.165) is 56.0 Å². The fraction of sp³-hybridized carbons (Fsp3) is 0. The molecule has 2 N–H and O–H groups in total. The van der Waals surface area contributed by atoms with Crippen molar-refractivity contribution in [1.82, 2.24) is 24.9 Å². The molecule has 0 aromatic carbocycles. The van der Waals surface area contributed by atoms with Crippen LogP contribution in [0.4, 0.5) is 0 Å². The summed E-state index contributed by atoms with van der Waals surface area (Å²) in [7, 11) is 0. The number of aromatic amines is 2. The molecule has 0 atom stereocenters. The first-order valence-corrected chi connectivity index (χ1v) is 9.77. The van der Waals surface area contributed by atoms with E-state index >= 15 is 0 Å². The van der Waals surface area contributed by atoms with Crippen LogP contribution in [0.15, 0.2) is 67.0 Å². The smallest absolute Gasteiger partial charge is 0.0659 e. The number of H-pyrrole nitrogens is 2. The Bertz CT molecular complexity index is 1490. The van der Waals surface area contributed by atoms with Gasteiger partial charge in [-0.25, -0.2) is 9.97 Å². The molecule has 0 spiro atoms. The number of nitrogens with zero attached hydrogens (tertiary/aromatic N) is 3. The number of pyridine rings is 1. The Morgan fingerprint density at radius 3 is 2.00 bits per heavy atom. The second-order valence-corrected chi connectivity index (χ2v) is 7.33. The van der Waals surface area contributed by atoms with Crippen molar-refractivity contribution >= 4 is 46.4 Å². The first-order chi connectivity index (χ1) is 14.8. The summed E-state index contributed by atoms with van der Waals surface area (Å²) in [5.41, 5.74) is 9.79. The third-order valence-corrected chi connectivity index (χ3v) is 5.14. The minimum Gasteiger partial charge on any atom is -0.355 e. The molecule has 0 unspecified atom stereocenters. The number of hydrogen-bond donors (Lipinski definition) is 2. The van der Waals surface area contributed by atoms with Crippen LogP contribution in [-0.4, -0.2) is 24.9 Å². The maximum Gasteiger partial charge on any atom is 0.0659 e. The molecule has 31 heavy (non-hydrogen) atoms. The number of fused-ring (bicyclic) bond motifs is 8. The van der Waals surface area contributed by atoms with E-state index in [9.17, 15) is 0 Å². The molecule has 0 saturated heterocycles. The summed E-state index contributed by atoms with van der Waals surface area (Å²) in [6.45, 7) is 0. The molecule has 6 heteroatoms. The van der Waals surface area contributed by atoms with Crippen molar-refractivity contribution in [3.8, 4) is 11.1 Å². The zero-order valence-electron chi connectivity index (χ0n) is 16.7. The summed E-state index contributed by atoms with van der Waals surface area (Å²) in [6, 6.07) is 18.5. The topological polar surface area (TPSA) is 70.2 Å². The van der Waals surface area contributed by atoms with Crippen LogP contribution in [0.1, 0.15) is 22.8 Å². The third kappa shape index (κ3) is 3.90. The predicted molar refractivity (Wildman–Crippen MR) is 122 cm³/mol. The largest absolute Gasteiger partial charge is 0.355 e. The molecule has 4 aromatic heterocycles. The van der Waals surface area contributed by atoms with Crippen molar-refractivity contribution in [1.29, 1.82) is 0 Å². The Morgan fingerprint density at radius 2 is 1.29 bits per heavy atom. The summed E-state index contributed by atoms with van der Waals surface area (Å²) in [6.07, 6.45) is 11.7. The van der Waals surface area contributed by atoms with Gasteiger partial charge in [-0.3, -0.25) is 4.98 Å². The molecule has 0 saturated carbocycles. The maximum absolute atomic E-state index is 4.74. The van der Waals surface area contributed by atoms with Crippen LogP contribution in [0.3, 0.4) is 0 Å². The Hall–Kier alpha value is -3.63. The maximum atomic E-state index is 4.74. The Morgan fingerprint density at radius 1 is 0.613 bits per heavy atom. The van der Waals surface area contributed by atoms with E-state index in [1.807, 2.05) is 48.7 Å². The van der Waals surface area contributed by atoms with Gasteiger partial charge in [0.15, 0.2) is 0 Å². The number of nitrogens with one attached hydrogen (secondary N) is 2. The SMILES string of the molecule is C1=Cc2cc3ccc(cc4cc(-c5cccnc5)c(cc5nc(cc1n2)C=C5)[nH]4)[nH]3.[Zn]. The van der Waals surface area contributed by atoms with Crippen LogP contribution >= 0.6 is 0 Å². The summed E-state index contributed by atoms with van der Waals surface area (Å²) < 4.78 is 0. The van der Waals surface area contributed by atoms with Crippen molar-refractivity contribution in [3.63, 3.8) is 0 Å². The number of aromatic nitrogens is 5. The van der Waals surface area contributed by atoms with E-state index in [4.69, 9.17) is 4.98 Å². The average molecular weight is 453 g/mol. The monoisotopic (exact) mass is 451 g/mol. The zero-order chi connectivity index (χ0) is 19.9. The number of hydrogen-bond acceptors (Lipinski definition) is 3. The van der Waals surface area contributed by atoms with E-state index in [0.29, 0.717) is 0 Å². The van der Waals surface area contributed by atoms with Crippen LogP contribution in [0.2, 0.25) is 0 Å². The van der Waals surface area contributed by atoms with Crippen LogP contribution in [0.25, 0.3) is 57.5 Å². The minimum absolute atomic E-state index is 0. The molecule has 144 valence electrons. The second kappa shape index (κ2) is 7.90. The van der Waals surface area contributed by atoms with Crippen molar-refractivity contribution in [2.75, 3.05) is 0 Å². The van der Waals surface area contributed by atoms with Crippen molar-refractivity contribution in [2.24, 2.45) is 0 Å². The zero-order valence-corrected chi connectivity index (χ0v) is 19.7. The van der Waals surface area contributed by atoms with Gasteiger partial charge in [0, 0.05) is 65.1 Å². The molecule has 5 nitrogen and oxygen atoms in total. The van der Waals surface area contributed by atoms with Crippen molar-refractivity contribution in [2.45, 2.75) is 0 Å². The van der Waals surface area contributed by atoms with Crippen molar-refractivity contribution in [3.05, 3.63) is 89.8 Å². The van der Waals surface area contributed by atoms with Crippen LogP contribution in [0.5, 0.6) is 0 Å². The molecule has 2 aliphatic heterocycles. The van der Waals surface area contributed by atoms with E-state index in [2.05, 4.69) is 56.3 Å². The van der Waals surface area contributed by atoms with Crippen molar-refractivity contribution < 1.29 is 19.5 Å². The average Bonchev–Trinajstić information content (AvgIpc) is 3.53. The first-order valence-electron chi connectivity index (χ1n) is 9.77. The molecule has 2 aliphatic rings. The second-order valence-electron chi connectivity index (χ2n) is 7.33. The molecule has 4 aromatic rings. The Kier molecular flexibility index (Phi) is 4.93. The van der Waals surface area contributed by atoms with Gasteiger partial charge in [0.25, 0.3) is 0 Å². The quantitative estimate of drug-likeness (QED) is 0.314. The summed E-state index contributed by atoms with van der Waals surface area (Å²) in [5.74, 6) is 0. The van der Waals surface area contributed by atoms with Gasteiger partial charge in [-0.1, -0.05) is 6.07 Å². The molecular weight excluding hydrogens is 436 g/mol. The number of rotatable bonds is 1. The molecule has 8 bridgehead atoms. The molecule has 0 amide bonds. The summed E-state index contributed by atoms with van der Waals surface area (Å²) in [4.78, 5) is 20.7. The Labute approximate surface area is 191 Å². The van der Waals surface area contributed by atoms with Gasteiger partial charge >= 0.3 is 0 Å². The first kappa shape index (κ1) is 19.3. The third-order valence-electron chi connectivity index (χ3n) is 5.14. The van der Waals surface area contributed by atoms with Crippen LogP contribution in [-0.2, 0) is 19.5 Å². The molecule has 0 radical (unpaired) electrons. The molecule has 0 fully saturated rings. The fourth-order valence-electron chi connectivity index (χ4n) is 3.78. The van der Waals surface area contributed by atoms with Gasteiger partial charge in [-0.2, -0.15) is 0 Å². The van der Waals surface area contributed by atoms with E-state index in [1.54, 1.807) is 6.20 Å². The van der Waals surface area contributed by atoms with E-state index in [1.165, 1.54) is 0 Å². The van der Waals surface area contributed by atoms with Gasteiger partial charge in [0.05, 0.1) is 22.8 Å². The van der Waals surface area contributed by atoms with E-state index in [-0.39, 0.29) is 19.5 Å². The fourth-order valence-corrected chi connectivity index (χ4v) is 3.78. The minimum atomic E-state index is 0.